The van der Waals surface area contributed by atoms with Crippen LogP contribution in [0.2, 0.25) is 0 Å². The van der Waals surface area contributed by atoms with E-state index in [1.165, 1.54) is 19.2 Å². The quantitative estimate of drug-likeness (QED) is 0.659. The van der Waals surface area contributed by atoms with E-state index in [9.17, 15) is 18.4 Å². The molecule has 1 aromatic carbocycles. The van der Waals surface area contributed by atoms with E-state index in [1.54, 1.807) is 18.3 Å². The number of piperazine rings is 1. The molecular weight excluding hydrogens is 470 g/mol. The number of ether oxygens (including phenoxy) is 2. The van der Waals surface area contributed by atoms with Crippen LogP contribution in [0.1, 0.15) is 50.5 Å². The molecule has 1 aromatic heterocycles. The van der Waals surface area contributed by atoms with E-state index in [-0.39, 0.29) is 29.7 Å². The van der Waals surface area contributed by atoms with Gasteiger partial charge in [-0.1, -0.05) is 19.9 Å². The van der Waals surface area contributed by atoms with Crippen molar-refractivity contribution < 1.29 is 27.8 Å². The summed E-state index contributed by atoms with van der Waals surface area (Å²) in [6.45, 7) is 7.55. The number of halogens is 2. The molecule has 3 aliphatic heterocycles. The Morgan fingerprint density at radius 1 is 1.22 bits per heavy atom. The summed E-state index contributed by atoms with van der Waals surface area (Å²) in [4.78, 5) is 31.0. The number of methoxy groups -OCH3 is 1. The normalized spacial score (nSPS) is 23.8. The highest BCUT2D eigenvalue weighted by Crippen LogP contribution is 2.25. The van der Waals surface area contributed by atoms with E-state index in [4.69, 9.17) is 4.74 Å². The number of amides is 2. The highest BCUT2D eigenvalue weighted by Gasteiger charge is 2.40. The van der Waals surface area contributed by atoms with Crippen molar-refractivity contribution >= 4 is 17.5 Å². The minimum Gasteiger partial charge on any atom is -0.494 e. The topological polar surface area (TPSA) is 92.8 Å². The van der Waals surface area contributed by atoms with Crippen molar-refractivity contribution in [3.05, 3.63) is 53.9 Å². The van der Waals surface area contributed by atoms with Gasteiger partial charge in [0.1, 0.15) is 11.8 Å². The van der Waals surface area contributed by atoms with Crippen LogP contribution in [-0.2, 0) is 9.53 Å². The second kappa shape index (κ2) is 12.7. The largest absolute Gasteiger partial charge is 0.494 e. The molecule has 0 spiro atoms. The van der Waals surface area contributed by atoms with Gasteiger partial charge in [0.15, 0.2) is 11.6 Å². The number of carbonyl (C=O) groups is 2. The first-order valence-corrected chi connectivity index (χ1v) is 12.3. The summed E-state index contributed by atoms with van der Waals surface area (Å²) < 4.78 is 34.9. The fraction of sp³-hybridized carbons (Fsp3) is 0.500. The van der Waals surface area contributed by atoms with Crippen molar-refractivity contribution in [2.24, 2.45) is 0 Å². The van der Waals surface area contributed by atoms with Crippen LogP contribution in [0.15, 0.2) is 36.5 Å². The Kier molecular flexibility index (Phi) is 9.72. The maximum Gasteiger partial charge on any atom is 0.272 e. The second-order valence-electron chi connectivity index (χ2n) is 8.64. The van der Waals surface area contributed by atoms with Gasteiger partial charge in [0.05, 0.1) is 13.2 Å². The van der Waals surface area contributed by atoms with E-state index in [0.717, 1.165) is 38.4 Å². The Balaban J connectivity index is 0.000000253. The number of pyridine rings is 1. The van der Waals surface area contributed by atoms with Gasteiger partial charge < -0.3 is 25.0 Å². The lowest BCUT2D eigenvalue weighted by atomic mass is 10.2. The van der Waals surface area contributed by atoms with E-state index in [0.29, 0.717) is 17.4 Å². The molecular formula is C26H34F2N4O4. The van der Waals surface area contributed by atoms with Crippen LogP contribution < -0.4 is 15.4 Å². The van der Waals surface area contributed by atoms with Crippen LogP contribution in [0.5, 0.6) is 5.75 Å². The lowest BCUT2D eigenvalue weighted by Gasteiger charge is -2.27. The molecule has 3 unspecified atom stereocenters. The third-order valence-electron chi connectivity index (χ3n) is 6.22. The van der Waals surface area contributed by atoms with E-state index in [1.807, 2.05) is 25.7 Å². The molecule has 10 heteroatoms. The summed E-state index contributed by atoms with van der Waals surface area (Å²) in [5, 5.41) is 6.22. The number of hydrogen-bond acceptors (Lipinski definition) is 6. The van der Waals surface area contributed by atoms with Crippen molar-refractivity contribution in [2.45, 2.75) is 64.3 Å². The van der Waals surface area contributed by atoms with Crippen molar-refractivity contribution in [1.82, 2.24) is 15.2 Å². The lowest BCUT2D eigenvalue weighted by molar-refractivity contribution is -0.126. The molecule has 2 N–H and O–H groups in total. The summed E-state index contributed by atoms with van der Waals surface area (Å²) in [5.74, 6) is -2.12. The van der Waals surface area contributed by atoms with E-state index < -0.39 is 17.7 Å². The van der Waals surface area contributed by atoms with Gasteiger partial charge in [-0.3, -0.25) is 14.6 Å². The zero-order chi connectivity index (χ0) is 26.2. The first kappa shape index (κ1) is 27.5. The molecule has 2 aromatic rings. The van der Waals surface area contributed by atoms with Gasteiger partial charge >= 0.3 is 0 Å². The number of hydrogen-bond donors (Lipinski definition) is 2. The maximum atomic E-state index is 12.7. The van der Waals surface area contributed by atoms with Crippen LogP contribution in [-0.4, -0.2) is 66.2 Å². The molecule has 8 nitrogen and oxygen atoms in total. The summed E-state index contributed by atoms with van der Waals surface area (Å²) in [6, 6.07) is 7.80. The molecule has 3 fully saturated rings. The fourth-order valence-electron chi connectivity index (χ4n) is 4.44. The van der Waals surface area contributed by atoms with Crippen LogP contribution in [0, 0.1) is 11.6 Å². The smallest absolute Gasteiger partial charge is 0.272 e. The number of nitrogens with zero attached hydrogens (tertiary/aromatic N) is 2. The average Bonchev–Trinajstić information content (AvgIpc) is 3.65. The highest BCUT2D eigenvalue weighted by molar-refractivity contribution is 5.97. The molecule has 4 heterocycles. The summed E-state index contributed by atoms with van der Waals surface area (Å²) in [7, 11) is 1.29. The number of likely N-dealkylation sites (tertiary alicyclic amines) is 1. The van der Waals surface area contributed by atoms with Crippen molar-refractivity contribution in [3.63, 3.8) is 0 Å². The summed E-state index contributed by atoms with van der Waals surface area (Å²) in [5.41, 5.74) is 0.963. The van der Waals surface area contributed by atoms with E-state index in [2.05, 4.69) is 20.4 Å². The Labute approximate surface area is 210 Å². The molecule has 0 radical (unpaired) electrons. The summed E-state index contributed by atoms with van der Waals surface area (Å²) >= 11 is 0. The Bertz CT molecular complexity index is 1050. The molecule has 0 aliphatic carbocycles. The zero-order valence-corrected chi connectivity index (χ0v) is 21.1. The Morgan fingerprint density at radius 3 is 2.58 bits per heavy atom. The third-order valence-corrected chi connectivity index (χ3v) is 6.22. The Morgan fingerprint density at radius 2 is 2.00 bits per heavy atom. The molecule has 196 valence electrons. The van der Waals surface area contributed by atoms with Crippen LogP contribution >= 0.6 is 0 Å². The molecule has 3 aliphatic rings. The summed E-state index contributed by atoms with van der Waals surface area (Å²) in [6.07, 6.45) is 3.91. The fourth-order valence-corrected chi connectivity index (χ4v) is 4.44. The average molecular weight is 505 g/mol. The number of anilines is 1. The number of nitrogens with one attached hydrogen (secondary N) is 2. The predicted molar refractivity (Wildman–Crippen MR) is 132 cm³/mol. The second-order valence-corrected chi connectivity index (χ2v) is 8.64. The van der Waals surface area contributed by atoms with Gasteiger partial charge in [0.2, 0.25) is 5.82 Å². The molecule has 2 bridgehead atoms. The minimum atomic E-state index is -0.940. The number of carbonyl (C=O) groups excluding carboxylic acids is 2. The third kappa shape index (κ3) is 6.55. The van der Waals surface area contributed by atoms with Gasteiger partial charge in [-0.15, -0.1) is 0 Å². The zero-order valence-electron chi connectivity index (χ0n) is 21.1. The minimum absolute atomic E-state index is 0.0640. The van der Waals surface area contributed by atoms with Crippen molar-refractivity contribution in [3.8, 4) is 5.75 Å². The number of fused-ring (bicyclic) bond motifs is 2. The molecule has 3 saturated heterocycles. The van der Waals surface area contributed by atoms with Crippen LogP contribution in [0.4, 0.5) is 14.5 Å². The number of aromatic nitrogens is 1. The standard InChI is InChI=1S/C17H22N4O3.C7H6F2O.C2H6/c1-10-2-3-15(24-10)16(22)20-11-4-5-18-14(7-11)17(23)21-9-12-6-13(21)8-19-12;1-10-6-4-2-3-5(8)7(6)9;1-2/h4-5,7,10,12-13,15,19H,2-3,6,8-9H2,1H3,(H,18,20,22);2-4H,1H3;1-2H3/t10?,12?,13-,15?;;/m1../s1. The van der Waals surface area contributed by atoms with Gasteiger partial charge in [-0.2, -0.15) is 4.39 Å². The lowest BCUT2D eigenvalue weighted by Crippen LogP contribution is -2.46. The molecule has 2 amide bonds. The first-order chi connectivity index (χ1) is 17.4. The molecule has 4 atom stereocenters. The van der Waals surface area contributed by atoms with E-state index >= 15 is 0 Å². The Hall–Kier alpha value is -3.11. The van der Waals surface area contributed by atoms with Gasteiger partial charge in [-0.25, -0.2) is 4.39 Å². The number of rotatable bonds is 4. The maximum absolute atomic E-state index is 12.7. The molecule has 0 saturated carbocycles. The van der Waals surface area contributed by atoms with Crippen LogP contribution in [0.25, 0.3) is 0 Å². The molecule has 36 heavy (non-hydrogen) atoms. The van der Waals surface area contributed by atoms with Crippen molar-refractivity contribution in [1.29, 1.82) is 0 Å². The van der Waals surface area contributed by atoms with Crippen LogP contribution in [0.3, 0.4) is 0 Å². The number of benzene rings is 1. The molecule has 5 rings (SSSR count). The van der Waals surface area contributed by atoms with Gasteiger partial charge in [-0.05, 0) is 50.5 Å². The van der Waals surface area contributed by atoms with Gasteiger partial charge in [0, 0.05) is 37.1 Å². The first-order valence-electron chi connectivity index (χ1n) is 12.3. The SMILES string of the molecule is CC.CC1CCC(C(=O)Nc2ccnc(C(=O)N3CC4C[C@@H]3CN4)c2)O1.COc1cccc(F)c1F. The monoisotopic (exact) mass is 504 g/mol. The predicted octanol–water partition coefficient (Wildman–Crippen LogP) is 3.77. The highest BCUT2D eigenvalue weighted by atomic mass is 19.2. The van der Waals surface area contributed by atoms with Gasteiger partial charge in [0.25, 0.3) is 11.8 Å². The van der Waals surface area contributed by atoms with Crippen molar-refractivity contribution in [2.75, 3.05) is 25.5 Å².